The molecule has 0 aliphatic carbocycles. The SMILES string of the molecule is C[C@H](c1ccccc1)N1C[C@@](CO)(C(=O)OC(C)(C)C)C(CO)C1=O. The second kappa shape index (κ2) is 7.14. The lowest BCUT2D eigenvalue weighted by Gasteiger charge is -2.32. The molecule has 1 amide bonds. The lowest BCUT2D eigenvalue weighted by Crippen LogP contribution is -2.47. The fourth-order valence-corrected chi connectivity index (χ4v) is 3.23. The molecule has 0 bridgehead atoms. The van der Waals surface area contributed by atoms with Crippen LogP contribution in [0.15, 0.2) is 30.3 Å². The third kappa shape index (κ3) is 3.70. The Kier molecular flexibility index (Phi) is 5.54. The van der Waals surface area contributed by atoms with Gasteiger partial charge in [0, 0.05) is 6.54 Å². The molecule has 138 valence electrons. The number of rotatable bonds is 5. The summed E-state index contributed by atoms with van der Waals surface area (Å²) in [7, 11) is 0. The zero-order chi connectivity index (χ0) is 18.8. The Morgan fingerprint density at radius 1 is 1.32 bits per heavy atom. The van der Waals surface area contributed by atoms with Crippen LogP contribution >= 0.6 is 0 Å². The van der Waals surface area contributed by atoms with Gasteiger partial charge in [0.15, 0.2) is 0 Å². The number of ether oxygens (including phenoxy) is 1. The van der Waals surface area contributed by atoms with Crippen LogP contribution in [-0.2, 0) is 14.3 Å². The molecule has 0 radical (unpaired) electrons. The summed E-state index contributed by atoms with van der Waals surface area (Å²) in [6, 6.07) is 9.17. The van der Waals surface area contributed by atoms with Gasteiger partial charge in [0.1, 0.15) is 11.0 Å². The van der Waals surface area contributed by atoms with E-state index in [0.29, 0.717) is 0 Å². The van der Waals surface area contributed by atoms with Crippen molar-refractivity contribution in [2.45, 2.75) is 39.3 Å². The minimum Gasteiger partial charge on any atom is -0.459 e. The van der Waals surface area contributed by atoms with Crippen molar-refractivity contribution in [2.24, 2.45) is 11.3 Å². The van der Waals surface area contributed by atoms with Crippen molar-refractivity contribution in [1.29, 1.82) is 0 Å². The maximum atomic E-state index is 12.8. The van der Waals surface area contributed by atoms with Gasteiger partial charge in [0.05, 0.1) is 25.2 Å². The number of nitrogens with zero attached hydrogens (tertiary/aromatic N) is 1. The molecule has 0 saturated carbocycles. The molecule has 1 heterocycles. The Bertz CT molecular complexity index is 624. The Morgan fingerprint density at radius 2 is 1.92 bits per heavy atom. The monoisotopic (exact) mass is 349 g/mol. The van der Waals surface area contributed by atoms with E-state index < -0.39 is 36.1 Å². The van der Waals surface area contributed by atoms with Gasteiger partial charge in [-0.1, -0.05) is 30.3 Å². The van der Waals surface area contributed by atoms with Crippen molar-refractivity contribution in [3.8, 4) is 0 Å². The number of esters is 1. The molecule has 6 nitrogen and oxygen atoms in total. The van der Waals surface area contributed by atoms with Gasteiger partial charge < -0.3 is 19.8 Å². The first-order valence-electron chi connectivity index (χ1n) is 8.47. The molecule has 1 aliphatic heterocycles. The van der Waals surface area contributed by atoms with Gasteiger partial charge in [-0.25, -0.2) is 0 Å². The standard InChI is InChI=1S/C19H27NO5/c1-13(14-8-6-5-7-9-14)20-11-19(12-22,15(10-21)16(20)23)17(24)25-18(2,3)4/h5-9,13,15,21-22H,10-12H2,1-4H3/t13-,15?,19+/m1/s1. The van der Waals surface area contributed by atoms with Gasteiger partial charge in [-0.05, 0) is 33.3 Å². The van der Waals surface area contributed by atoms with E-state index in [1.165, 1.54) is 4.90 Å². The third-order valence-electron chi connectivity index (χ3n) is 4.72. The first kappa shape index (κ1) is 19.4. The predicted molar refractivity (Wildman–Crippen MR) is 92.5 cm³/mol. The number of aliphatic hydroxyl groups excluding tert-OH is 2. The lowest BCUT2D eigenvalue weighted by molar-refractivity contribution is -0.174. The van der Waals surface area contributed by atoms with Crippen molar-refractivity contribution in [1.82, 2.24) is 4.90 Å². The van der Waals surface area contributed by atoms with E-state index in [-0.39, 0.29) is 18.5 Å². The minimum atomic E-state index is -1.46. The Labute approximate surface area is 148 Å². The molecular formula is C19H27NO5. The van der Waals surface area contributed by atoms with E-state index in [2.05, 4.69) is 0 Å². The molecule has 1 unspecified atom stereocenters. The highest BCUT2D eigenvalue weighted by Crippen LogP contribution is 2.42. The number of benzene rings is 1. The molecule has 25 heavy (non-hydrogen) atoms. The Hall–Kier alpha value is -1.92. The van der Waals surface area contributed by atoms with Gasteiger partial charge >= 0.3 is 5.97 Å². The third-order valence-corrected chi connectivity index (χ3v) is 4.72. The number of aliphatic hydroxyl groups is 2. The average Bonchev–Trinajstić information content (AvgIpc) is 2.86. The van der Waals surface area contributed by atoms with Crippen LogP contribution in [-0.4, -0.2) is 52.3 Å². The number of amides is 1. The maximum Gasteiger partial charge on any atom is 0.317 e. The fraction of sp³-hybridized carbons (Fsp3) is 0.579. The normalized spacial score (nSPS) is 25.1. The predicted octanol–water partition coefficient (Wildman–Crippen LogP) is 1.52. The van der Waals surface area contributed by atoms with Gasteiger partial charge in [-0.3, -0.25) is 9.59 Å². The van der Waals surface area contributed by atoms with E-state index in [9.17, 15) is 19.8 Å². The molecule has 2 rings (SSSR count). The average molecular weight is 349 g/mol. The number of hydrogen-bond donors (Lipinski definition) is 2. The summed E-state index contributed by atoms with van der Waals surface area (Å²) in [6.45, 7) is 5.98. The molecule has 1 aliphatic rings. The molecule has 0 spiro atoms. The Morgan fingerprint density at radius 3 is 2.40 bits per heavy atom. The molecule has 1 aromatic carbocycles. The van der Waals surface area contributed by atoms with E-state index in [1.807, 2.05) is 37.3 Å². The van der Waals surface area contributed by atoms with E-state index in [1.54, 1.807) is 20.8 Å². The van der Waals surface area contributed by atoms with Crippen LogP contribution in [0, 0.1) is 11.3 Å². The van der Waals surface area contributed by atoms with Crippen LogP contribution in [0.5, 0.6) is 0 Å². The van der Waals surface area contributed by atoms with Crippen molar-refractivity contribution in [3.63, 3.8) is 0 Å². The summed E-state index contributed by atoms with van der Waals surface area (Å²) in [5.41, 5.74) is -1.28. The molecule has 1 saturated heterocycles. The van der Waals surface area contributed by atoms with Gasteiger partial charge in [0.2, 0.25) is 5.91 Å². The summed E-state index contributed by atoms with van der Waals surface area (Å²) < 4.78 is 5.44. The summed E-state index contributed by atoms with van der Waals surface area (Å²) in [6.07, 6.45) is 0. The molecular weight excluding hydrogens is 322 g/mol. The second-order valence-electron chi connectivity index (χ2n) is 7.60. The molecule has 1 aromatic rings. The van der Waals surface area contributed by atoms with Gasteiger partial charge in [0.25, 0.3) is 0 Å². The summed E-state index contributed by atoms with van der Waals surface area (Å²) in [4.78, 5) is 27.1. The van der Waals surface area contributed by atoms with Crippen molar-refractivity contribution in [2.75, 3.05) is 19.8 Å². The molecule has 2 N–H and O–H groups in total. The highest BCUT2D eigenvalue weighted by molar-refractivity contribution is 5.92. The zero-order valence-electron chi connectivity index (χ0n) is 15.2. The largest absolute Gasteiger partial charge is 0.459 e. The summed E-state index contributed by atoms with van der Waals surface area (Å²) in [5.74, 6) is -2.02. The van der Waals surface area contributed by atoms with Crippen LogP contribution in [0.4, 0.5) is 0 Å². The highest BCUT2D eigenvalue weighted by atomic mass is 16.6. The molecule has 1 fully saturated rings. The summed E-state index contributed by atoms with van der Waals surface area (Å²) in [5, 5.41) is 19.7. The number of carbonyl (C=O) groups excluding carboxylic acids is 2. The first-order chi connectivity index (χ1) is 11.7. The van der Waals surface area contributed by atoms with Crippen molar-refractivity contribution >= 4 is 11.9 Å². The van der Waals surface area contributed by atoms with Crippen LogP contribution in [0.1, 0.15) is 39.3 Å². The fourth-order valence-electron chi connectivity index (χ4n) is 3.23. The Balaban J connectivity index is 2.36. The number of likely N-dealkylation sites (tertiary alicyclic amines) is 1. The molecule has 0 aromatic heterocycles. The van der Waals surface area contributed by atoms with E-state index in [0.717, 1.165) is 5.56 Å². The second-order valence-corrected chi connectivity index (χ2v) is 7.60. The van der Waals surface area contributed by atoms with E-state index in [4.69, 9.17) is 4.74 Å². The minimum absolute atomic E-state index is 0.0124. The quantitative estimate of drug-likeness (QED) is 0.787. The highest BCUT2D eigenvalue weighted by Gasteiger charge is 2.59. The van der Waals surface area contributed by atoms with Crippen LogP contribution in [0.3, 0.4) is 0 Å². The van der Waals surface area contributed by atoms with Crippen LogP contribution < -0.4 is 0 Å². The van der Waals surface area contributed by atoms with Crippen molar-refractivity contribution < 1.29 is 24.5 Å². The summed E-state index contributed by atoms with van der Waals surface area (Å²) >= 11 is 0. The zero-order valence-corrected chi connectivity index (χ0v) is 15.2. The topological polar surface area (TPSA) is 87.1 Å². The lowest BCUT2D eigenvalue weighted by atomic mass is 9.78. The number of hydrogen-bond acceptors (Lipinski definition) is 5. The van der Waals surface area contributed by atoms with Crippen LogP contribution in [0.25, 0.3) is 0 Å². The van der Waals surface area contributed by atoms with Crippen LogP contribution in [0.2, 0.25) is 0 Å². The van der Waals surface area contributed by atoms with Gasteiger partial charge in [-0.2, -0.15) is 0 Å². The first-order valence-corrected chi connectivity index (χ1v) is 8.47. The smallest absolute Gasteiger partial charge is 0.317 e. The van der Waals surface area contributed by atoms with Crippen molar-refractivity contribution in [3.05, 3.63) is 35.9 Å². The van der Waals surface area contributed by atoms with E-state index >= 15 is 0 Å². The molecule has 3 atom stereocenters. The maximum absolute atomic E-state index is 12.8. The van der Waals surface area contributed by atoms with Gasteiger partial charge in [-0.15, -0.1) is 0 Å². The molecule has 6 heteroatoms. The number of carbonyl (C=O) groups is 2.